The topological polar surface area (TPSA) is 76.8 Å². The van der Waals surface area contributed by atoms with Gasteiger partial charge in [0.1, 0.15) is 5.75 Å². The number of carbonyl (C=O) groups is 1. The molecule has 3 aromatic rings. The fourth-order valence-electron chi connectivity index (χ4n) is 4.34. The third-order valence-corrected chi connectivity index (χ3v) is 6.22. The van der Waals surface area contributed by atoms with Gasteiger partial charge in [-0.05, 0) is 67.7 Å². The van der Waals surface area contributed by atoms with Gasteiger partial charge in [-0.2, -0.15) is 5.10 Å². The lowest BCUT2D eigenvalue weighted by Gasteiger charge is -2.25. The van der Waals surface area contributed by atoms with E-state index < -0.39 is 5.97 Å². The van der Waals surface area contributed by atoms with E-state index in [0.29, 0.717) is 31.7 Å². The van der Waals surface area contributed by atoms with Crippen LogP contribution in [0.5, 0.6) is 5.75 Å². The van der Waals surface area contributed by atoms with Gasteiger partial charge < -0.3 is 19.5 Å². The van der Waals surface area contributed by atoms with E-state index in [1.807, 2.05) is 49.0 Å². The van der Waals surface area contributed by atoms with E-state index in [1.54, 1.807) is 12.3 Å². The van der Waals surface area contributed by atoms with Gasteiger partial charge in [-0.1, -0.05) is 24.3 Å². The quantitative estimate of drug-likeness (QED) is 0.531. The molecule has 0 radical (unpaired) electrons. The van der Waals surface area contributed by atoms with Crippen molar-refractivity contribution in [2.45, 2.75) is 32.7 Å². The number of hydrogen-bond donors (Lipinski definition) is 1. The van der Waals surface area contributed by atoms with Crippen LogP contribution in [0.2, 0.25) is 0 Å². The van der Waals surface area contributed by atoms with Crippen molar-refractivity contribution >= 4 is 17.7 Å². The fourth-order valence-corrected chi connectivity index (χ4v) is 4.34. The Labute approximate surface area is 206 Å². The number of para-hydroxylation sites is 1. The summed E-state index contributed by atoms with van der Waals surface area (Å²) >= 11 is 0. The summed E-state index contributed by atoms with van der Waals surface area (Å²) in [6, 6.07) is 16.1. The molecule has 1 N–H and O–H groups in total. The molecule has 0 amide bonds. The Balaban J connectivity index is 0.000000514. The van der Waals surface area contributed by atoms with Crippen LogP contribution in [0.25, 0.3) is 17.2 Å². The molecular weight excluding hydrogens is 442 g/mol. The molecule has 5 rings (SSSR count). The van der Waals surface area contributed by atoms with Crippen LogP contribution in [0.15, 0.2) is 60.3 Å². The summed E-state index contributed by atoms with van der Waals surface area (Å²) in [4.78, 5) is 14.0. The Kier molecular flexibility index (Phi) is 8.21. The van der Waals surface area contributed by atoms with Crippen LogP contribution in [-0.4, -0.2) is 47.2 Å². The molecule has 1 aromatic heterocycles. The minimum absolute atomic E-state index is 0.416. The molecule has 0 unspecified atom stereocenters. The van der Waals surface area contributed by atoms with Crippen molar-refractivity contribution in [2.24, 2.45) is 7.05 Å². The normalized spacial score (nSPS) is 14.9. The zero-order valence-corrected chi connectivity index (χ0v) is 20.4. The SMILES string of the molecule is C1CCOC1.CCOc1ccccc1-c1ccc2c(c1)C=C(C(=O)O)CCN2Cc1ccnn1C. The van der Waals surface area contributed by atoms with Gasteiger partial charge in [0, 0.05) is 49.8 Å². The summed E-state index contributed by atoms with van der Waals surface area (Å²) in [5.74, 6) is -0.0498. The lowest BCUT2D eigenvalue weighted by molar-refractivity contribution is -0.132. The molecule has 184 valence electrons. The largest absolute Gasteiger partial charge is 0.493 e. The van der Waals surface area contributed by atoms with Crippen LogP contribution in [0.4, 0.5) is 5.69 Å². The molecule has 2 aliphatic rings. The van der Waals surface area contributed by atoms with Gasteiger partial charge >= 0.3 is 5.97 Å². The number of aromatic nitrogens is 2. The monoisotopic (exact) mass is 475 g/mol. The van der Waals surface area contributed by atoms with E-state index in [-0.39, 0.29) is 0 Å². The first-order chi connectivity index (χ1) is 17.1. The number of carboxylic acid groups (broad SMARTS) is 1. The van der Waals surface area contributed by atoms with Crippen molar-refractivity contribution in [1.82, 2.24) is 9.78 Å². The number of hydrogen-bond acceptors (Lipinski definition) is 5. The molecule has 2 aromatic carbocycles. The van der Waals surface area contributed by atoms with Gasteiger partial charge in [0.25, 0.3) is 0 Å². The first kappa shape index (κ1) is 24.5. The minimum atomic E-state index is -0.872. The fraction of sp³-hybridized carbons (Fsp3) is 0.357. The molecule has 7 nitrogen and oxygen atoms in total. The number of fused-ring (bicyclic) bond motifs is 1. The lowest BCUT2D eigenvalue weighted by atomic mass is 9.99. The molecule has 1 fully saturated rings. The van der Waals surface area contributed by atoms with Crippen molar-refractivity contribution in [2.75, 3.05) is 31.3 Å². The van der Waals surface area contributed by atoms with E-state index in [4.69, 9.17) is 9.47 Å². The zero-order chi connectivity index (χ0) is 24.6. The zero-order valence-electron chi connectivity index (χ0n) is 20.4. The van der Waals surface area contributed by atoms with Crippen LogP contribution >= 0.6 is 0 Å². The number of aliphatic carboxylic acids is 1. The standard InChI is InChI=1S/C24H25N3O3.C4H8O/c1-3-30-23-7-5-4-6-21(23)17-8-9-22-19(14-17)15-18(24(28)29)11-13-27(22)16-20-10-12-25-26(20)2;1-2-4-5-3-1/h4-10,12,14-15H,3,11,13,16H2,1-2H3,(H,28,29);1-4H2. The van der Waals surface area contributed by atoms with Crippen molar-refractivity contribution in [3.8, 4) is 16.9 Å². The molecule has 0 atom stereocenters. The summed E-state index contributed by atoms with van der Waals surface area (Å²) in [6.07, 6.45) is 6.61. The van der Waals surface area contributed by atoms with Crippen LogP contribution in [0, 0.1) is 0 Å². The Bertz CT molecular complexity index is 1170. The molecule has 1 saturated heterocycles. The molecule has 35 heavy (non-hydrogen) atoms. The maximum Gasteiger partial charge on any atom is 0.331 e. The highest BCUT2D eigenvalue weighted by atomic mass is 16.5. The Hall–Kier alpha value is -3.58. The first-order valence-electron chi connectivity index (χ1n) is 12.2. The number of benzene rings is 2. The van der Waals surface area contributed by atoms with E-state index in [1.165, 1.54) is 12.8 Å². The molecule has 0 saturated carbocycles. The van der Waals surface area contributed by atoms with Crippen molar-refractivity contribution in [3.05, 3.63) is 71.6 Å². The number of ether oxygens (including phenoxy) is 2. The van der Waals surface area contributed by atoms with Gasteiger partial charge in [-0.3, -0.25) is 4.68 Å². The molecule has 0 spiro atoms. The highest BCUT2D eigenvalue weighted by Crippen LogP contribution is 2.36. The maximum absolute atomic E-state index is 11.8. The number of rotatable bonds is 6. The van der Waals surface area contributed by atoms with E-state index in [0.717, 1.165) is 47.0 Å². The van der Waals surface area contributed by atoms with Crippen molar-refractivity contribution in [1.29, 1.82) is 0 Å². The summed E-state index contributed by atoms with van der Waals surface area (Å²) in [5, 5.41) is 13.9. The highest BCUT2D eigenvalue weighted by molar-refractivity contribution is 5.94. The average Bonchev–Trinajstić information content (AvgIpc) is 3.53. The Morgan fingerprint density at radius 1 is 1.14 bits per heavy atom. The average molecular weight is 476 g/mol. The molecule has 3 heterocycles. The smallest absolute Gasteiger partial charge is 0.331 e. The van der Waals surface area contributed by atoms with Crippen LogP contribution < -0.4 is 9.64 Å². The maximum atomic E-state index is 11.8. The summed E-state index contributed by atoms with van der Waals surface area (Å²) in [5.41, 5.74) is 5.40. The Morgan fingerprint density at radius 3 is 2.60 bits per heavy atom. The molecule has 7 heteroatoms. The number of nitrogens with zero attached hydrogens (tertiary/aromatic N) is 3. The summed E-state index contributed by atoms with van der Waals surface area (Å²) in [6.45, 7) is 5.85. The van der Waals surface area contributed by atoms with Crippen LogP contribution in [-0.2, 0) is 23.1 Å². The minimum Gasteiger partial charge on any atom is -0.493 e. The van der Waals surface area contributed by atoms with Crippen molar-refractivity contribution in [3.63, 3.8) is 0 Å². The van der Waals surface area contributed by atoms with Gasteiger partial charge in [0.2, 0.25) is 0 Å². The summed E-state index contributed by atoms with van der Waals surface area (Å²) < 4.78 is 12.6. The van der Waals surface area contributed by atoms with Gasteiger partial charge in [-0.15, -0.1) is 0 Å². The molecule has 0 bridgehead atoms. The predicted molar refractivity (Wildman–Crippen MR) is 138 cm³/mol. The third kappa shape index (κ3) is 6.11. The predicted octanol–water partition coefficient (Wildman–Crippen LogP) is 5.16. The van der Waals surface area contributed by atoms with E-state index in [9.17, 15) is 9.90 Å². The number of carboxylic acids is 1. The van der Waals surface area contributed by atoms with Crippen LogP contribution in [0.3, 0.4) is 0 Å². The Morgan fingerprint density at radius 2 is 1.94 bits per heavy atom. The van der Waals surface area contributed by atoms with E-state index in [2.05, 4.69) is 28.2 Å². The second kappa shape index (κ2) is 11.7. The van der Waals surface area contributed by atoms with E-state index >= 15 is 0 Å². The molecule has 2 aliphatic heterocycles. The second-order valence-corrected chi connectivity index (χ2v) is 8.61. The lowest BCUT2D eigenvalue weighted by Crippen LogP contribution is -2.25. The summed E-state index contributed by atoms with van der Waals surface area (Å²) in [7, 11) is 1.92. The second-order valence-electron chi connectivity index (χ2n) is 8.61. The number of anilines is 1. The first-order valence-corrected chi connectivity index (χ1v) is 12.2. The molecule has 0 aliphatic carbocycles. The van der Waals surface area contributed by atoms with Crippen molar-refractivity contribution < 1.29 is 19.4 Å². The van der Waals surface area contributed by atoms with Crippen LogP contribution in [0.1, 0.15) is 37.4 Å². The van der Waals surface area contributed by atoms with Gasteiger partial charge in [0.15, 0.2) is 0 Å². The number of aryl methyl sites for hydroxylation is 1. The van der Waals surface area contributed by atoms with Gasteiger partial charge in [0.05, 0.1) is 18.8 Å². The van der Waals surface area contributed by atoms with Gasteiger partial charge in [-0.25, -0.2) is 4.79 Å². The third-order valence-electron chi connectivity index (χ3n) is 6.22. The molecular formula is C28H33N3O4. The highest BCUT2D eigenvalue weighted by Gasteiger charge is 2.21.